The first kappa shape index (κ1) is 17.5. The number of carbonyl (C=O) groups is 1. The monoisotopic (exact) mass is 361 g/mol. The molecule has 6 heteroatoms. The predicted molar refractivity (Wildman–Crippen MR) is 99.9 cm³/mol. The summed E-state index contributed by atoms with van der Waals surface area (Å²) in [4.78, 5) is 12.7. The summed E-state index contributed by atoms with van der Waals surface area (Å²) in [6, 6.07) is 13.4. The minimum atomic E-state index is -1.06. The summed E-state index contributed by atoms with van der Waals surface area (Å²) >= 11 is 1.48. The molecule has 0 unspecified atom stereocenters. The Balaban J connectivity index is 2.18. The number of hydrogen-bond donors (Lipinski definition) is 1. The molecule has 0 aliphatic rings. The van der Waals surface area contributed by atoms with Crippen LogP contribution in [0.3, 0.4) is 0 Å². The van der Waals surface area contributed by atoms with Crippen molar-refractivity contribution >= 4 is 17.3 Å². The van der Waals surface area contributed by atoms with E-state index in [1.165, 1.54) is 11.3 Å². The van der Waals surface area contributed by atoms with Crippen LogP contribution in [-0.2, 0) is 13.5 Å². The topological polar surface area (TPSA) is 89.8 Å². The van der Waals surface area contributed by atoms with Gasteiger partial charge in [0.2, 0.25) is 0 Å². The van der Waals surface area contributed by atoms with Gasteiger partial charge in [-0.1, -0.05) is 31.2 Å². The van der Waals surface area contributed by atoms with E-state index in [2.05, 4.69) is 12.1 Å². The number of thiophene rings is 1. The Kier molecular flexibility index (Phi) is 4.62. The quantitative estimate of drug-likeness (QED) is 0.744. The Morgan fingerprint density at radius 1 is 1.15 bits per heavy atom. The second-order valence-corrected chi connectivity index (χ2v) is 6.64. The van der Waals surface area contributed by atoms with Gasteiger partial charge in [0.05, 0.1) is 16.0 Å². The molecule has 0 aliphatic heterocycles. The van der Waals surface area contributed by atoms with Gasteiger partial charge >= 0.3 is 5.97 Å². The lowest BCUT2D eigenvalue weighted by molar-refractivity contribution is 0.0687. The number of rotatable bonds is 4. The fourth-order valence-corrected chi connectivity index (χ4v) is 4.06. The molecule has 0 aliphatic carbocycles. The van der Waals surface area contributed by atoms with Gasteiger partial charge in [0.25, 0.3) is 0 Å². The zero-order chi connectivity index (χ0) is 18.8. The van der Waals surface area contributed by atoms with E-state index in [0.717, 1.165) is 10.4 Å². The lowest BCUT2D eigenvalue weighted by Crippen LogP contribution is -2.07. The van der Waals surface area contributed by atoms with Crippen molar-refractivity contribution in [3.05, 3.63) is 58.2 Å². The zero-order valence-corrected chi connectivity index (χ0v) is 15.1. The van der Waals surface area contributed by atoms with Crippen LogP contribution in [-0.4, -0.2) is 15.6 Å². The number of carboxylic acid groups (broad SMARTS) is 1. The van der Waals surface area contributed by atoms with Gasteiger partial charge in [-0.05, 0) is 29.0 Å². The van der Waals surface area contributed by atoms with Crippen LogP contribution >= 0.6 is 11.3 Å². The third kappa shape index (κ3) is 2.67. The van der Waals surface area contributed by atoms with Crippen molar-refractivity contribution in [1.82, 2.24) is 4.57 Å². The average Bonchev–Trinajstić information content (AvgIpc) is 3.23. The van der Waals surface area contributed by atoms with E-state index in [0.29, 0.717) is 34.4 Å². The summed E-state index contributed by atoms with van der Waals surface area (Å²) in [6.07, 6.45) is 0.568. The molecule has 26 heavy (non-hydrogen) atoms. The zero-order valence-electron chi connectivity index (χ0n) is 14.3. The highest BCUT2D eigenvalue weighted by Crippen LogP contribution is 2.35. The molecule has 0 bridgehead atoms. The van der Waals surface area contributed by atoms with Crippen molar-refractivity contribution < 1.29 is 9.90 Å². The molecule has 0 saturated heterocycles. The second-order valence-electron chi connectivity index (χ2n) is 5.73. The van der Waals surface area contributed by atoms with E-state index < -0.39 is 5.97 Å². The number of hydrogen-bond acceptors (Lipinski definition) is 4. The number of nitriles is 2. The molecule has 0 fully saturated rings. The number of benzene rings is 1. The highest BCUT2D eigenvalue weighted by atomic mass is 32.1. The molecule has 0 atom stereocenters. The van der Waals surface area contributed by atoms with Crippen LogP contribution in [0.5, 0.6) is 0 Å². The van der Waals surface area contributed by atoms with Gasteiger partial charge in [-0.2, -0.15) is 10.5 Å². The molecule has 0 saturated carbocycles. The first-order valence-electron chi connectivity index (χ1n) is 7.96. The van der Waals surface area contributed by atoms with Crippen LogP contribution in [0.4, 0.5) is 0 Å². The molecule has 2 aromatic heterocycles. The van der Waals surface area contributed by atoms with Gasteiger partial charge in [0, 0.05) is 18.3 Å². The maximum absolute atomic E-state index is 11.8. The third-order valence-electron chi connectivity index (χ3n) is 4.39. The summed E-state index contributed by atoms with van der Waals surface area (Å²) < 4.78 is 1.58. The highest BCUT2D eigenvalue weighted by molar-refractivity contribution is 7.13. The minimum absolute atomic E-state index is 0.111. The van der Waals surface area contributed by atoms with E-state index in [1.807, 2.05) is 24.4 Å². The van der Waals surface area contributed by atoms with Crippen molar-refractivity contribution in [2.24, 2.45) is 7.05 Å². The van der Waals surface area contributed by atoms with Crippen LogP contribution in [0, 0.1) is 22.7 Å². The summed E-state index contributed by atoms with van der Waals surface area (Å²) in [6.45, 7) is 1.90. The largest absolute Gasteiger partial charge is 0.477 e. The standard InChI is InChI=1S/C20H15N3O2S/c1-3-16-15(11-22)17(18(20(24)25)23(16)2)12-4-6-13(7-5-12)19-14(10-21)8-9-26-19/h4-9H,3H2,1-2H3,(H,24,25). The van der Waals surface area contributed by atoms with E-state index in [9.17, 15) is 20.4 Å². The smallest absolute Gasteiger partial charge is 0.353 e. The summed E-state index contributed by atoms with van der Waals surface area (Å²) in [7, 11) is 1.67. The molecule has 0 spiro atoms. The molecule has 2 heterocycles. The van der Waals surface area contributed by atoms with Crippen molar-refractivity contribution in [2.45, 2.75) is 13.3 Å². The normalized spacial score (nSPS) is 10.3. The van der Waals surface area contributed by atoms with Gasteiger partial charge in [-0.25, -0.2) is 4.79 Å². The fraction of sp³-hybridized carbons (Fsp3) is 0.150. The molecule has 0 radical (unpaired) electrons. The van der Waals surface area contributed by atoms with Crippen LogP contribution < -0.4 is 0 Å². The highest BCUT2D eigenvalue weighted by Gasteiger charge is 2.25. The van der Waals surface area contributed by atoms with E-state index in [1.54, 1.807) is 29.8 Å². The third-order valence-corrected chi connectivity index (χ3v) is 5.35. The van der Waals surface area contributed by atoms with Crippen LogP contribution in [0.25, 0.3) is 21.6 Å². The number of aromatic nitrogens is 1. The van der Waals surface area contributed by atoms with Crippen molar-refractivity contribution in [2.75, 3.05) is 0 Å². The van der Waals surface area contributed by atoms with Crippen LogP contribution in [0.1, 0.15) is 34.2 Å². The Hall–Kier alpha value is -3.35. The van der Waals surface area contributed by atoms with Crippen molar-refractivity contribution in [1.29, 1.82) is 10.5 Å². The van der Waals surface area contributed by atoms with E-state index in [-0.39, 0.29) is 5.69 Å². The minimum Gasteiger partial charge on any atom is -0.477 e. The van der Waals surface area contributed by atoms with Gasteiger partial charge in [0.15, 0.2) is 0 Å². The molecular weight excluding hydrogens is 346 g/mol. The maximum Gasteiger partial charge on any atom is 0.353 e. The van der Waals surface area contributed by atoms with E-state index >= 15 is 0 Å². The number of carboxylic acids is 1. The van der Waals surface area contributed by atoms with Crippen molar-refractivity contribution in [3.8, 4) is 33.7 Å². The second kappa shape index (κ2) is 6.87. The summed E-state index contributed by atoms with van der Waals surface area (Å²) in [5.74, 6) is -1.06. The van der Waals surface area contributed by atoms with Crippen molar-refractivity contribution in [3.63, 3.8) is 0 Å². The van der Waals surface area contributed by atoms with Crippen LogP contribution in [0.2, 0.25) is 0 Å². The molecule has 5 nitrogen and oxygen atoms in total. The molecule has 3 aromatic rings. The van der Waals surface area contributed by atoms with E-state index in [4.69, 9.17) is 0 Å². The Morgan fingerprint density at radius 2 is 1.81 bits per heavy atom. The molecular formula is C20H15N3O2S. The Bertz CT molecular complexity index is 1080. The fourth-order valence-electron chi connectivity index (χ4n) is 3.21. The summed E-state index contributed by atoms with van der Waals surface area (Å²) in [5, 5.41) is 30.3. The SMILES string of the molecule is CCc1c(C#N)c(-c2ccc(-c3sccc3C#N)cc2)c(C(=O)O)n1C. The Labute approximate surface area is 155 Å². The molecule has 0 amide bonds. The predicted octanol–water partition coefficient (Wildman–Crippen LogP) is 4.42. The molecule has 1 N–H and O–H groups in total. The average molecular weight is 361 g/mol. The van der Waals surface area contributed by atoms with Crippen LogP contribution in [0.15, 0.2) is 35.7 Å². The van der Waals surface area contributed by atoms with Gasteiger partial charge in [-0.15, -0.1) is 11.3 Å². The van der Waals surface area contributed by atoms with Gasteiger partial charge in [0.1, 0.15) is 17.8 Å². The van der Waals surface area contributed by atoms with Gasteiger partial charge < -0.3 is 9.67 Å². The van der Waals surface area contributed by atoms with Gasteiger partial charge in [-0.3, -0.25) is 0 Å². The lowest BCUT2D eigenvalue weighted by atomic mass is 9.98. The first-order valence-corrected chi connectivity index (χ1v) is 8.84. The first-order chi connectivity index (χ1) is 12.5. The Morgan fingerprint density at radius 3 is 2.35 bits per heavy atom. The maximum atomic E-state index is 11.8. The molecule has 128 valence electrons. The summed E-state index contributed by atoms with van der Waals surface area (Å²) in [5.41, 5.74) is 3.83. The molecule has 1 aromatic carbocycles. The molecule has 3 rings (SSSR count). The number of aromatic carboxylic acids is 1. The lowest BCUT2D eigenvalue weighted by Gasteiger charge is -2.06. The number of nitrogens with zero attached hydrogens (tertiary/aromatic N) is 3.